The molecule has 106 valence electrons. The van der Waals surface area contributed by atoms with E-state index in [9.17, 15) is 0 Å². The van der Waals surface area contributed by atoms with Gasteiger partial charge < -0.3 is 10.1 Å². The molecule has 1 saturated carbocycles. The summed E-state index contributed by atoms with van der Waals surface area (Å²) in [5, 5.41) is 8.54. The van der Waals surface area contributed by atoms with Crippen LogP contribution in [0.15, 0.2) is 36.7 Å². The van der Waals surface area contributed by atoms with Crippen LogP contribution in [-0.4, -0.2) is 29.5 Å². The molecule has 1 unspecified atom stereocenters. The number of halogens is 1. The van der Waals surface area contributed by atoms with Gasteiger partial charge in [0.05, 0.1) is 23.4 Å². The lowest BCUT2D eigenvalue weighted by molar-refractivity contribution is 0.179. The van der Waals surface area contributed by atoms with Gasteiger partial charge in [-0.25, -0.2) is 4.68 Å². The minimum atomic E-state index is 0.327. The molecular weight excluding hydrogens is 274 g/mol. The summed E-state index contributed by atoms with van der Waals surface area (Å²) in [5.41, 5.74) is 1.89. The normalized spacial score (nSPS) is 16.1. The molecule has 0 amide bonds. The lowest BCUT2D eigenvalue weighted by atomic mass is 10.1. The molecule has 5 heteroatoms. The van der Waals surface area contributed by atoms with E-state index in [4.69, 9.17) is 16.3 Å². The van der Waals surface area contributed by atoms with Crippen LogP contribution in [0.3, 0.4) is 0 Å². The molecule has 1 aromatic carbocycles. The first-order chi connectivity index (χ1) is 9.79. The van der Waals surface area contributed by atoms with Gasteiger partial charge in [0.2, 0.25) is 0 Å². The molecular formula is C15H18ClN3O. The smallest absolute Gasteiger partial charge is 0.106 e. The molecule has 0 radical (unpaired) electrons. The first-order valence-electron chi connectivity index (χ1n) is 6.83. The number of rotatable bonds is 6. The van der Waals surface area contributed by atoms with E-state index in [1.165, 1.54) is 12.8 Å². The third-order valence-electron chi connectivity index (χ3n) is 3.60. The summed E-state index contributed by atoms with van der Waals surface area (Å²) in [6.45, 7) is 0.704. The van der Waals surface area contributed by atoms with E-state index >= 15 is 0 Å². The number of benzene rings is 1. The van der Waals surface area contributed by atoms with Crippen molar-refractivity contribution >= 4 is 17.3 Å². The van der Waals surface area contributed by atoms with Crippen LogP contribution in [0.2, 0.25) is 5.02 Å². The number of aromatic nitrogens is 2. The number of nitrogens with zero attached hydrogens (tertiary/aromatic N) is 2. The Balaban J connectivity index is 1.90. The molecule has 1 aliphatic rings. The Kier molecular flexibility index (Phi) is 3.94. The fourth-order valence-electron chi connectivity index (χ4n) is 2.44. The van der Waals surface area contributed by atoms with Crippen molar-refractivity contribution in [3.05, 3.63) is 41.7 Å². The lowest BCUT2D eigenvalue weighted by Gasteiger charge is -2.21. The standard InChI is InChI=1S/C15H18ClN3O/c1-20-10-14(11-6-7-11)18-13-5-2-4-12(16)15(13)19-9-3-8-17-19/h2-5,8-9,11,14,18H,6-7,10H2,1H3. The summed E-state index contributed by atoms with van der Waals surface area (Å²) in [4.78, 5) is 0. The van der Waals surface area contributed by atoms with Crippen LogP contribution in [0.4, 0.5) is 5.69 Å². The molecule has 0 saturated heterocycles. The number of para-hydroxylation sites is 1. The highest BCUT2D eigenvalue weighted by Crippen LogP contribution is 2.36. The summed E-state index contributed by atoms with van der Waals surface area (Å²) in [6, 6.07) is 8.09. The van der Waals surface area contributed by atoms with E-state index < -0.39 is 0 Å². The highest BCUT2D eigenvalue weighted by molar-refractivity contribution is 6.33. The van der Waals surface area contributed by atoms with E-state index in [0.29, 0.717) is 23.6 Å². The van der Waals surface area contributed by atoms with Gasteiger partial charge in [0.15, 0.2) is 0 Å². The number of hydrogen-bond donors (Lipinski definition) is 1. The van der Waals surface area contributed by atoms with Gasteiger partial charge >= 0.3 is 0 Å². The molecule has 20 heavy (non-hydrogen) atoms. The number of anilines is 1. The van der Waals surface area contributed by atoms with Crippen molar-refractivity contribution in [3.8, 4) is 5.69 Å². The summed E-state index contributed by atoms with van der Waals surface area (Å²) in [6.07, 6.45) is 6.17. The molecule has 2 aromatic rings. The maximum absolute atomic E-state index is 6.34. The highest BCUT2D eigenvalue weighted by Gasteiger charge is 2.31. The minimum Gasteiger partial charge on any atom is -0.383 e. The molecule has 1 aromatic heterocycles. The second-order valence-corrected chi connectivity index (χ2v) is 5.54. The Bertz CT molecular complexity index is 567. The molecule has 1 N–H and O–H groups in total. The van der Waals surface area contributed by atoms with Crippen molar-refractivity contribution in [2.75, 3.05) is 19.0 Å². The van der Waals surface area contributed by atoms with E-state index in [2.05, 4.69) is 10.4 Å². The molecule has 1 heterocycles. The van der Waals surface area contributed by atoms with E-state index in [1.54, 1.807) is 18.0 Å². The average molecular weight is 292 g/mol. The Labute approximate surface area is 123 Å². The van der Waals surface area contributed by atoms with Gasteiger partial charge in [-0.15, -0.1) is 0 Å². The zero-order chi connectivity index (χ0) is 13.9. The molecule has 3 rings (SSSR count). The SMILES string of the molecule is COCC(Nc1cccc(Cl)c1-n1cccn1)C1CC1. The Hall–Kier alpha value is -1.52. The first kappa shape index (κ1) is 13.5. The Morgan fingerprint density at radius 1 is 1.45 bits per heavy atom. The minimum absolute atomic E-state index is 0.327. The molecule has 1 atom stereocenters. The van der Waals surface area contributed by atoms with Gasteiger partial charge in [0, 0.05) is 19.5 Å². The van der Waals surface area contributed by atoms with Crippen LogP contribution in [0.25, 0.3) is 5.69 Å². The maximum Gasteiger partial charge on any atom is 0.106 e. The summed E-state index contributed by atoms with van der Waals surface area (Å²) >= 11 is 6.34. The predicted molar refractivity (Wildman–Crippen MR) is 80.6 cm³/mol. The van der Waals surface area contributed by atoms with Crippen LogP contribution in [0.1, 0.15) is 12.8 Å². The third kappa shape index (κ3) is 2.81. The van der Waals surface area contributed by atoms with Gasteiger partial charge in [-0.1, -0.05) is 17.7 Å². The Morgan fingerprint density at radius 2 is 2.30 bits per heavy atom. The van der Waals surface area contributed by atoms with E-state index in [0.717, 1.165) is 11.4 Å². The van der Waals surface area contributed by atoms with Crippen molar-refractivity contribution in [2.24, 2.45) is 5.92 Å². The van der Waals surface area contributed by atoms with Gasteiger partial charge in [-0.05, 0) is 37.0 Å². The summed E-state index contributed by atoms with van der Waals surface area (Å²) < 4.78 is 7.11. The van der Waals surface area contributed by atoms with Gasteiger partial charge in [-0.2, -0.15) is 5.10 Å². The van der Waals surface area contributed by atoms with Gasteiger partial charge in [0.25, 0.3) is 0 Å². The molecule has 1 aliphatic carbocycles. The van der Waals surface area contributed by atoms with Gasteiger partial charge in [-0.3, -0.25) is 0 Å². The zero-order valence-electron chi connectivity index (χ0n) is 11.4. The van der Waals surface area contributed by atoms with Crippen molar-refractivity contribution in [1.82, 2.24) is 9.78 Å². The van der Waals surface area contributed by atoms with Crippen LogP contribution >= 0.6 is 11.6 Å². The van der Waals surface area contributed by atoms with E-state index in [-0.39, 0.29) is 0 Å². The number of ether oxygens (including phenoxy) is 1. The lowest BCUT2D eigenvalue weighted by Crippen LogP contribution is -2.27. The highest BCUT2D eigenvalue weighted by atomic mass is 35.5. The monoisotopic (exact) mass is 291 g/mol. The number of hydrogen-bond acceptors (Lipinski definition) is 3. The topological polar surface area (TPSA) is 39.1 Å². The van der Waals surface area contributed by atoms with Crippen molar-refractivity contribution in [3.63, 3.8) is 0 Å². The van der Waals surface area contributed by atoms with Crippen LogP contribution in [-0.2, 0) is 4.74 Å². The summed E-state index contributed by atoms with van der Waals surface area (Å²) in [7, 11) is 1.74. The van der Waals surface area contributed by atoms with Crippen molar-refractivity contribution < 1.29 is 4.74 Å². The van der Waals surface area contributed by atoms with Crippen LogP contribution in [0, 0.1) is 5.92 Å². The molecule has 0 bridgehead atoms. The van der Waals surface area contributed by atoms with Crippen LogP contribution < -0.4 is 5.32 Å². The van der Waals surface area contributed by atoms with Crippen molar-refractivity contribution in [1.29, 1.82) is 0 Å². The fraction of sp³-hybridized carbons (Fsp3) is 0.400. The fourth-order valence-corrected chi connectivity index (χ4v) is 2.70. The van der Waals surface area contributed by atoms with E-state index in [1.807, 2.05) is 30.5 Å². The third-order valence-corrected chi connectivity index (χ3v) is 3.90. The average Bonchev–Trinajstić information content (AvgIpc) is 3.15. The maximum atomic E-state index is 6.34. The molecule has 4 nitrogen and oxygen atoms in total. The quantitative estimate of drug-likeness (QED) is 0.887. The second kappa shape index (κ2) is 5.85. The zero-order valence-corrected chi connectivity index (χ0v) is 12.2. The number of methoxy groups -OCH3 is 1. The summed E-state index contributed by atoms with van der Waals surface area (Å²) in [5.74, 6) is 0.694. The van der Waals surface area contributed by atoms with Crippen LogP contribution in [0.5, 0.6) is 0 Å². The number of nitrogens with one attached hydrogen (secondary N) is 1. The van der Waals surface area contributed by atoms with Gasteiger partial charge in [0.1, 0.15) is 5.69 Å². The Morgan fingerprint density at radius 3 is 2.95 bits per heavy atom. The molecule has 0 aliphatic heterocycles. The van der Waals surface area contributed by atoms with Crippen molar-refractivity contribution in [2.45, 2.75) is 18.9 Å². The largest absolute Gasteiger partial charge is 0.383 e. The molecule has 1 fully saturated rings. The predicted octanol–water partition coefficient (Wildman–Crippen LogP) is 3.36. The second-order valence-electron chi connectivity index (χ2n) is 5.13. The first-order valence-corrected chi connectivity index (χ1v) is 7.21. The molecule has 0 spiro atoms.